The van der Waals surface area contributed by atoms with E-state index in [9.17, 15) is 0 Å². The van der Waals surface area contributed by atoms with Crippen LogP contribution in [0, 0.1) is 13.8 Å². The molecule has 1 aliphatic heterocycles. The van der Waals surface area contributed by atoms with Gasteiger partial charge in [-0.1, -0.05) is 5.16 Å². The molecule has 3 rings (SSSR count). The summed E-state index contributed by atoms with van der Waals surface area (Å²) in [6.45, 7) is 5.95. The molecule has 1 fully saturated rings. The SMILES string of the molecule is Cc1cc(-c2nc(C3CNCCO3)no2)c(C)nn1. The van der Waals surface area contributed by atoms with E-state index in [1.807, 2.05) is 19.9 Å². The van der Waals surface area contributed by atoms with Crippen LogP contribution in [0.25, 0.3) is 11.5 Å². The highest BCUT2D eigenvalue weighted by molar-refractivity contribution is 5.55. The van der Waals surface area contributed by atoms with Crippen LogP contribution in [-0.2, 0) is 4.74 Å². The Morgan fingerprint density at radius 2 is 2.21 bits per heavy atom. The Morgan fingerprint density at radius 1 is 1.32 bits per heavy atom. The van der Waals surface area contributed by atoms with Gasteiger partial charge in [-0.05, 0) is 19.9 Å². The number of morpholine rings is 1. The van der Waals surface area contributed by atoms with E-state index in [1.54, 1.807) is 0 Å². The van der Waals surface area contributed by atoms with Gasteiger partial charge in [0.25, 0.3) is 5.89 Å². The van der Waals surface area contributed by atoms with Crippen molar-refractivity contribution in [3.63, 3.8) is 0 Å². The summed E-state index contributed by atoms with van der Waals surface area (Å²) >= 11 is 0. The summed E-state index contributed by atoms with van der Waals surface area (Å²) in [6.07, 6.45) is -0.151. The fraction of sp³-hybridized carbons (Fsp3) is 0.500. The molecule has 0 amide bonds. The summed E-state index contributed by atoms with van der Waals surface area (Å²) in [4.78, 5) is 4.40. The maximum absolute atomic E-state index is 5.59. The van der Waals surface area contributed by atoms with Gasteiger partial charge in [0.1, 0.15) is 6.10 Å². The summed E-state index contributed by atoms with van der Waals surface area (Å²) < 4.78 is 10.9. The van der Waals surface area contributed by atoms with E-state index in [1.165, 1.54) is 0 Å². The van der Waals surface area contributed by atoms with Gasteiger partial charge in [0.15, 0.2) is 0 Å². The number of rotatable bonds is 2. The summed E-state index contributed by atoms with van der Waals surface area (Å²) in [5.74, 6) is 1.02. The zero-order valence-corrected chi connectivity index (χ0v) is 10.9. The van der Waals surface area contributed by atoms with Crippen molar-refractivity contribution in [3.05, 3.63) is 23.3 Å². The van der Waals surface area contributed by atoms with Crippen molar-refractivity contribution in [1.29, 1.82) is 0 Å². The van der Waals surface area contributed by atoms with Crippen LogP contribution in [0.5, 0.6) is 0 Å². The van der Waals surface area contributed by atoms with Gasteiger partial charge in [0.2, 0.25) is 5.82 Å². The number of aryl methyl sites for hydroxylation is 2. The van der Waals surface area contributed by atoms with Crippen LogP contribution < -0.4 is 5.32 Å². The monoisotopic (exact) mass is 261 g/mol. The first-order valence-electron chi connectivity index (χ1n) is 6.21. The molecule has 100 valence electrons. The minimum atomic E-state index is -0.151. The molecule has 3 heterocycles. The normalized spacial score (nSPS) is 19.6. The minimum absolute atomic E-state index is 0.151. The van der Waals surface area contributed by atoms with E-state index >= 15 is 0 Å². The van der Waals surface area contributed by atoms with Crippen molar-refractivity contribution in [2.45, 2.75) is 20.0 Å². The van der Waals surface area contributed by atoms with Crippen LogP contribution in [0.3, 0.4) is 0 Å². The fourth-order valence-corrected chi connectivity index (χ4v) is 1.97. The van der Waals surface area contributed by atoms with E-state index in [0.717, 1.165) is 23.5 Å². The van der Waals surface area contributed by atoms with Crippen LogP contribution in [0.15, 0.2) is 10.6 Å². The second kappa shape index (κ2) is 5.02. The molecule has 0 aliphatic carbocycles. The predicted octanol–water partition coefficient (Wildman–Crippen LogP) is 0.804. The van der Waals surface area contributed by atoms with Crippen molar-refractivity contribution < 1.29 is 9.26 Å². The van der Waals surface area contributed by atoms with Crippen LogP contribution in [0.2, 0.25) is 0 Å². The first-order valence-corrected chi connectivity index (χ1v) is 6.21. The lowest BCUT2D eigenvalue weighted by atomic mass is 10.2. The highest BCUT2D eigenvalue weighted by atomic mass is 16.5. The largest absolute Gasteiger partial charge is 0.367 e. The van der Waals surface area contributed by atoms with Crippen molar-refractivity contribution >= 4 is 0 Å². The Hall–Kier alpha value is -1.86. The number of hydrogen-bond acceptors (Lipinski definition) is 7. The molecular weight excluding hydrogens is 246 g/mol. The first-order chi connectivity index (χ1) is 9.24. The molecule has 1 unspecified atom stereocenters. The standard InChI is InChI=1S/C12H15N5O2/c1-7-5-9(8(2)16-15-7)12-14-11(17-19-12)10-6-13-3-4-18-10/h5,10,13H,3-4,6H2,1-2H3. The zero-order chi connectivity index (χ0) is 13.2. The van der Waals surface area contributed by atoms with Gasteiger partial charge < -0.3 is 14.6 Å². The van der Waals surface area contributed by atoms with Gasteiger partial charge in [0.05, 0.1) is 23.6 Å². The lowest BCUT2D eigenvalue weighted by Crippen LogP contribution is -2.33. The van der Waals surface area contributed by atoms with Gasteiger partial charge in [-0.15, -0.1) is 0 Å². The summed E-state index contributed by atoms with van der Waals surface area (Å²) in [5, 5.41) is 15.3. The Morgan fingerprint density at radius 3 is 3.00 bits per heavy atom. The molecule has 7 heteroatoms. The molecule has 19 heavy (non-hydrogen) atoms. The van der Waals surface area contributed by atoms with Gasteiger partial charge in [-0.3, -0.25) is 0 Å². The smallest absolute Gasteiger partial charge is 0.259 e. The van der Waals surface area contributed by atoms with Crippen LogP contribution in [0.1, 0.15) is 23.3 Å². The number of aromatic nitrogens is 4. The zero-order valence-electron chi connectivity index (χ0n) is 10.9. The first kappa shape index (κ1) is 12.2. The highest BCUT2D eigenvalue weighted by Gasteiger charge is 2.22. The molecule has 0 bridgehead atoms. The van der Waals surface area contributed by atoms with E-state index < -0.39 is 0 Å². The van der Waals surface area contributed by atoms with Crippen molar-refractivity contribution in [3.8, 4) is 11.5 Å². The van der Waals surface area contributed by atoms with Gasteiger partial charge in [-0.2, -0.15) is 15.2 Å². The Balaban J connectivity index is 1.89. The van der Waals surface area contributed by atoms with Crippen LogP contribution in [-0.4, -0.2) is 40.0 Å². The third-order valence-corrected chi connectivity index (χ3v) is 2.99. The molecule has 0 saturated carbocycles. The molecule has 1 aliphatic rings. The minimum Gasteiger partial charge on any atom is -0.367 e. The second-order valence-electron chi connectivity index (χ2n) is 4.51. The quantitative estimate of drug-likeness (QED) is 0.855. The number of nitrogens with zero attached hydrogens (tertiary/aromatic N) is 4. The van der Waals surface area contributed by atoms with Gasteiger partial charge >= 0.3 is 0 Å². The molecule has 0 aromatic carbocycles. The Kier molecular flexibility index (Phi) is 3.22. The molecule has 1 N–H and O–H groups in total. The van der Waals surface area contributed by atoms with Crippen molar-refractivity contribution in [2.24, 2.45) is 0 Å². The molecule has 2 aromatic heterocycles. The molecule has 1 saturated heterocycles. The Bertz CT molecular complexity index is 577. The molecule has 2 aromatic rings. The van der Waals surface area contributed by atoms with Crippen LogP contribution in [0.4, 0.5) is 0 Å². The molecule has 7 nitrogen and oxygen atoms in total. The van der Waals surface area contributed by atoms with E-state index in [0.29, 0.717) is 24.9 Å². The highest BCUT2D eigenvalue weighted by Crippen LogP contribution is 2.23. The summed E-state index contributed by atoms with van der Waals surface area (Å²) in [5.41, 5.74) is 2.40. The molecular formula is C12H15N5O2. The third kappa shape index (κ3) is 2.47. The molecule has 1 atom stereocenters. The van der Waals surface area contributed by atoms with E-state index in [4.69, 9.17) is 9.26 Å². The lowest BCUT2D eigenvalue weighted by molar-refractivity contribution is 0.0208. The van der Waals surface area contributed by atoms with Gasteiger partial charge in [0, 0.05) is 13.1 Å². The van der Waals surface area contributed by atoms with E-state index in [2.05, 4.69) is 25.7 Å². The number of ether oxygens (including phenoxy) is 1. The molecule has 0 radical (unpaired) electrons. The van der Waals surface area contributed by atoms with Crippen molar-refractivity contribution in [2.75, 3.05) is 19.7 Å². The Labute approximate surface area is 110 Å². The van der Waals surface area contributed by atoms with Crippen molar-refractivity contribution in [1.82, 2.24) is 25.7 Å². The average molecular weight is 261 g/mol. The fourth-order valence-electron chi connectivity index (χ4n) is 1.97. The maximum Gasteiger partial charge on any atom is 0.259 e. The summed E-state index contributed by atoms with van der Waals surface area (Å²) in [7, 11) is 0. The molecule has 0 spiro atoms. The summed E-state index contributed by atoms with van der Waals surface area (Å²) in [6, 6.07) is 1.89. The van der Waals surface area contributed by atoms with Gasteiger partial charge in [-0.25, -0.2) is 0 Å². The third-order valence-electron chi connectivity index (χ3n) is 2.99. The maximum atomic E-state index is 5.59. The second-order valence-corrected chi connectivity index (χ2v) is 4.51. The predicted molar refractivity (Wildman–Crippen MR) is 66.4 cm³/mol. The lowest BCUT2D eigenvalue weighted by Gasteiger charge is -2.20. The van der Waals surface area contributed by atoms with Crippen LogP contribution >= 0.6 is 0 Å². The topological polar surface area (TPSA) is 86.0 Å². The van der Waals surface area contributed by atoms with E-state index in [-0.39, 0.29) is 6.10 Å². The number of hydrogen-bond donors (Lipinski definition) is 1. The average Bonchev–Trinajstić information content (AvgIpc) is 2.92. The number of nitrogens with one attached hydrogen (secondary N) is 1.